The van der Waals surface area contributed by atoms with Gasteiger partial charge in [-0.25, -0.2) is 8.42 Å². The van der Waals surface area contributed by atoms with Crippen molar-refractivity contribution in [1.29, 1.82) is 0 Å². The molecule has 0 aromatic heterocycles. The molecule has 80 valence electrons. The van der Waals surface area contributed by atoms with Crippen molar-refractivity contribution in [2.45, 2.75) is 33.1 Å². The van der Waals surface area contributed by atoms with Gasteiger partial charge < -0.3 is 0 Å². The molecule has 2 saturated carbocycles. The van der Waals surface area contributed by atoms with Crippen LogP contribution < -0.4 is 0 Å². The molecule has 0 saturated heterocycles. The van der Waals surface area contributed by atoms with E-state index in [-0.39, 0.29) is 17.0 Å². The smallest absolute Gasteiger partial charge is 0.141 e. The van der Waals surface area contributed by atoms with Crippen molar-refractivity contribution in [3.63, 3.8) is 0 Å². The number of carbonyl (C=O) groups is 1. The fourth-order valence-corrected chi connectivity index (χ4v) is 4.54. The van der Waals surface area contributed by atoms with Crippen LogP contribution in [0.2, 0.25) is 0 Å². The van der Waals surface area contributed by atoms with E-state index >= 15 is 0 Å². The number of Topliss-reactive ketones (excluding diaryl/α,β-unsaturated/α-hetero) is 1. The zero-order valence-corrected chi connectivity index (χ0v) is 9.47. The molecule has 0 aromatic carbocycles. The molecule has 0 aromatic rings. The maximum absolute atomic E-state index is 11.8. The minimum absolute atomic E-state index is 0.0602. The second kappa shape index (κ2) is 2.81. The Labute approximate surface area is 85.8 Å². The Morgan fingerprint density at radius 2 is 2.07 bits per heavy atom. The summed E-state index contributed by atoms with van der Waals surface area (Å²) in [6, 6.07) is 0. The molecule has 2 rings (SSSR count). The summed E-state index contributed by atoms with van der Waals surface area (Å²) in [7, 11) is -2.45. The van der Waals surface area contributed by atoms with Crippen LogP contribution in [0.5, 0.6) is 0 Å². The van der Waals surface area contributed by atoms with Crippen LogP contribution in [0.25, 0.3) is 0 Å². The van der Waals surface area contributed by atoms with E-state index in [1.807, 2.05) is 0 Å². The Hall–Kier alpha value is -0.380. The molecule has 3 nitrogen and oxygen atoms in total. The first-order chi connectivity index (χ1) is 6.40. The maximum Gasteiger partial charge on any atom is 0.141 e. The Morgan fingerprint density at radius 3 is 2.43 bits per heavy atom. The molecule has 2 fully saturated rings. The molecule has 14 heavy (non-hydrogen) atoms. The van der Waals surface area contributed by atoms with Crippen molar-refractivity contribution in [2.24, 2.45) is 16.7 Å². The quantitative estimate of drug-likeness (QED) is 0.700. The molecule has 0 spiro atoms. The Balaban J connectivity index is 2.44. The van der Waals surface area contributed by atoms with Crippen LogP contribution in [0.1, 0.15) is 33.1 Å². The predicted octanol–water partition coefficient (Wildman–Crippen LogP) is 0.993. The highest BCUT2D eigenvalue weighted by Gasteiger charge is 2.64. The van der Waals surface area contributed by atoms with Crippen molar-refractivity contribution >= 4 is 16.5 Å². The van der Waals surface area contributed by atoms with Crippen LogP contribution in [-0.4, -0.2) is 20.0 Å². The number of rotatable bonds is 2. The lowest BCUT2D eigenvalue weighted by Crippen LogP contribution is -2.39. The lowest BCUT2D eigenvalue weighted by Gasteiger charge is -2.34. The first-order valence-corrected chi connectivity index (χ1v) is 6.41. The van der Waals surface area contributed by atoms with Crippen LogP contribution in [0.3, 0.4) is 0 Å². The first-order valence-electron chi connectivity index (χ1n) is 5.05. The van der Waals surface area contributed by atoms with Gasteiger partial charge >= 0.3 is 0 Å². The third-order valence-electron chi connectivity index (χ3n) is 4.54. The van der Waals surface area contributed by atoms with Gasteiger partial charge in [-0.3, -0.25) is 4.79 Å². The van der Waals surface area contributed by atoms with Gasteiger partial charge in [0, 0.05) is 11.8 Å². The minimum Gasteiger partial charge on any atom is -0.299 e. The highest BCUT2D eigenvalue weighted by molar-refractivity contribution is 7.72. The van der Waals surface area contributed by atoms with Crippen LogP contribution in [-0.2, 0) is 15.5 Å². The zero-order valence-electron chi connectivity index (χ0n) is 8.58. The maximum atomic E-state index is 11.8. The van der Waals surface area contributed by atoms with Crippen molar-refractivity contribution in [2.75, 3.05) is 5.75 Å². The van der Waals surface area contributed by atoms with Crippen LogP contribution >= 0.6 is 0 Å². The lowest BCUT2D eigenvalue weighted by atomic mass is 9.70. The Bertz CT molecular complexity index is 348. The van der Waals surface area contributed by atoms with E-state index in [1.165, 1.54) is 0 Å². The average Bonchev–Trinajstić information content (AvgIpc) is 2.36. The summed E-state index contributed by atoms with van der Waals surface area (Å²) >= 11 is 0. The van der Waals surface area contributed by atoms with E-state index in [0.29, 0.717) is 12.3 Å². The third kappa shape index (κ3) is 1.03. The second-order valence-corrected chi connectivity index (χ2v) is 6.14. The number of thiol groups is 1. The van der Waals surface area contributed by atoms with Crippen molar-refractivity contribution in [3.8, 4) is 0 Å². The number of ketones is 1. The monoisotopic (exact) mass is 216 g/mol. The molecular formula is C10H16O3S. The largest absolute Gasteiger partial charge is 0.299 e. The van der Waals surface area contributed by atoms with Gasteiger partial charge in [0.1, 0.15) is 16.5 Å². The van der Waals surface area contributed by atoms with Crippen LogP contribution in [0.4, 0.5) is 0 Å². The SMILES string of the molecule is CC1(C)C2CC[C@]1(C[SH](=O)=O)C(=O)C2. The van der Waals surface area contributed by atoms with Crippen molar-refractivity contribution in [3.05, 3.63) is 0 Å². The zero-order chi connectivity index (χ0) is 10.6. The van der Waals surface area contributed by atoms with Gasteiger partial charge in [0.2, 0.25) is 0 Å². The summed E-state index contributed by atoms with van der Waals surface area (Å²) in [6.07, 6.45) is 2.38. The van der Waals surface area contributed by atoms with Crippen LogP contribution in [0.15, 0.2) is 0 Å². The van der Waals surface area contributed by atoms with E-state index in [4.69, 9.17) is 0 Å². The van der Waals surface area contributed by atoms with Gasteiger partial charge in [0.05, 0.1) is 5.75 Å². The first kappa shape index (κ1) is 10.1. The van der Waals surface area contributed by atoms with Gasteiger partial charge in [-0.05, 0) is 24.2 Å². The van der Waals surface area contributed by atoms with E-state index in [2.05, 4.69) is 13.8 Å². The fraction of sp³-hybridized carbons (Fsp3) is 0.900. The topological polar surface area (TPSA) is 51.2 Å². The molecule has 0 amide bonds. The predicted molar refractivity (Wildman–Crippen MR) is 53.7 cm³/mol. The highest BCUT2D eigenvalue weighted by Crippen LogP contribution is 2.63. The van der Waals surface area contributed by atoms with Crippen molar-refractivity contribution in [1.82, 2.24) is 0 Å². The number of fused-ring (bicyclic) bond motifs is 2. The number of carbonyl (C=O) groups excluding carboxylic acids is 1. The van der Waals surface area contributed by atoms with E-state index in [0.717, 1.165) is 12.8 Å². The molecule has 4 heteroatoms. The number of hydrogen-bond donors (Lipinski definition) is 1. The van der Waals surface area contributed by atoms with Crippen LogP contribution in [0, 0.1) is 16.7 Å². The Kier molecular flexibility index (Phi) is 2.04. The molecule has 2 aliphatic rings. The summed E-state index contributed by atoms with van der Waals surface area (Å²) in [6.45, 7) is 4.10. The molecule has 0 aliphatic heterocycles. The van der Waals surface area contributed by atoms with E-state index in [1.54, 1.807) is 0 Å². The minimum atomic E-state index is -2.45. The van der Waals surface area contributed by atoms with Gasteiger partial charge in [0.25, 0.3) is 0 Å². The second-order valence-electron chi connectivity index (χ2n) is 5.16. The Morgan fingerprint density at radius 1 is 1.43 bits per heavy atom. The highest BCUT2D eigenvalue weighted by atomic mass is 32.2. The summed E-state index contributed by atoms with van der Waals surface area (Å²) in [5.74, 6) is 0.646. The summed E-state index contributed by atoms with van der Waals surface area (Å²) in [5, 5.41) is 0. The molecular weight excluding hydrogens is 200 g/mol. The average molecular weight is 216 g/mol. The summed E-state index contributed by atoms with van der Waals surface area (Å²) < 4.78 is 21.7. The molecule has 0 N–H and O–H groups in total. The molecule has 1 unspecified atom stereocenters. The lowest BCUT2D eigenvalue weighted by molar-refractivity contribution is -0.127. The molecule has 0 heterocycles. The van der Waals surface area contributed by atoms with E-state index < -0.39 is 16.1 Å². The van der Waals surface area contributed by atoms with Gasteiger partial charge in [-0.2, -0.15) is 0 Å². The number of hydrogen-bond acceptors (Lipinski definition) is 3. The normalized spacial score (nSPS) is 39.6. The van der Waals surface area contributed by atoms with Gasteiger partial charge in [-0.15, -0.1) is 0 Å². The summed E-state index contributed by atoms with van der Waals surface area (Å²) in [5.41, 5.74) is -0.660. The molecule has 0 radical (unpaired) electrons. The van der Waals surface area contributed by atoms with Crippen molar-refractivity contribution < 1.29 is 13.2 Å². The van der Waals surface area contributed by atoms with Gasteiger partial charge in [-0.1, -0.05) is 13.8 Å². The fourth-order valence-electron chi connectivity index (χ4n) is 3.36. The van der Waals surface area contributed by atoms with E-state index in [9.17, 15) is 13.2 Å². The summed E-state index contributed by atoms with van der Waals surface area (Å²) in [4.78, 5) is 11.8. The molecule has 2 aliphatic carbocycles. The molecule has 2 atom stereocenters. The standard InChI is InChI=1S/C10H16O3S/c1-9(2)7-3-4-10(9,6-14(12)13)8(11)5-7/h7,14H,3-6H2,1-2H3/t7?,10-/m0/s1. The van der Waals surface area contributed by atoms with Gasteiger partial charge in [0.15, 0.2) is 0 Å². The third-order valence-corrected chi connectivity index (χ3v) is 5.34. The molecule has 2 bridgehead atoms.